The molecule has 1 heterocycles. The van der Waals surface area contributed by atoms with E-state index in [4.69, 9.17) is 9.84 Å². The molecule has 0 aromatic rings. The normalized spacial score (nSPS) is 19.3. The van der Waals surface area contributed by atoms with E-state index in [-0.39, 0.29) is 18.8 Å². The Balaban J connectivity index is 2.41. The summed E-state index contributed by atoms with van der Waals surface area (Å²) in [6.07, 6.45) is 0.866. The van der Waals surface area contributed by atoms with Gasteiger partial charge in [-0.05, 0) is 26.7 Å². The number of hydrogen-bond donors (Lipinski definition) is 2. The zero-order valence-electron chi connectivity index (χ0n) is 10.6. The molecule has 0 atom stereocenters. The lowest BCUT2D eigenvalue weighted by Gasteiger charge is -2.31. The van der Waals surface area contributed by atoms with Crippen LogP contribution in [0.5, 0.6) is 0 Å². The summed E-state index contributed by atoms with van der Waals surface area (Å²) in [6.45, 7) is 3.90. The van der Waals surface area contributed by atoms with Crippen LogP contribution in [0.4, 0.5) is 0 Å². The maximum Gasteiger partial charge on any atom is 0.329 e. The molecule has 1 fully saturated rings. The third-order valence-corrected chi connectivity index (χ3v) is 4.38. The van der Waals surface area contributed by atoms with Crippen LogP contribution in [0.1, 0.15) is 26.7 Å². The Morgan fingerprint density at radius 2 is 2.00 bits per heavy atom. The van der Waals surface area contributed by atoms with Crippen molar-refractivity contribution in [1.29, 1.82) is 0 Å². The van der Waals surface area contributed by atoms with Gasteiger partial charge in [0, 0.05) is 19.1 Å². The van der Waals surface area contributed by atoms with Crippen LogP contribution in [-0.4, -0.2) is 55.6 Å². The van der Waals surface area contributed by atoms with Crippen molar-refractivity contribution in [2.24, 2.45) is 0 Å². The molecule has 1 saturated heterocycles. The number of rotatable bonds is 6. The predicted molar refractivity (Wildman–Crippen MR) is 65.4 cm³/mol. The fraction of sp³-hybridized carbons (Fsp3) is 0.900. The van der Waals surface area contributed by atoms with Crippen LogP contribution in [-0.2, 0) is 19.7 Å². The molecule has 0 saturated carbocycles. The molecule has 0 aliphatic carbocycles. The average Bonchev–Trinajstić information content (AvgIpc) is 2.25. The van der Waals surface area contributed by atoms with Crippen molar-refractivity contribution in [1.82, 2.24) is 9.03 Å². The van der Waals surface area contributed by atoms with Crippen LogP contribution in [0.2, 0.25) is 0 Å². The van der Waals surface area contributed by atoms with Crippen molar-refractivity contribution in [3.05, 3.63) is 0 Å². The maximum absolute atomic E-state index is 11.8. The highest BCUT2D eigenvalue weighted by atomic mass is 32.2. The van der Waals surface area contributed by atoms with Crippen molar-refractivity contribution in [3.63, 3.8) is 0 Å². The van der Waals surface area contributed by atoms with E-state index in [0.29, 0.717) is 25.9 Å². The molecule has 0 unspecified atom stereocenters. The zero-order valence-corrected chi connectivity index (χ0v) is 11.4. The van der Waals surface area contributed by atoms with E-state index in [0.717, 1.165) is 0 Å². The van der Waals surface area contributed by atoms with Crippen molar-refractivity contribution in [2.75, 3.05) is 19.7 Å². The van der Waals surface area contributed by atoms with Gasteiger partial charge in [-0.3, -0.25) is 0 Å². The maximum atomic E-state index is 11.8. The van der Waals surface area contributed by atoms with Crippen molar-refractivity contribution in [2.45, 2.75) is 38.8 Å². The molecule has 1 aliphatic heterocycles. The van der Waals surface area contributed by atoms with Gasteiger partial charge in [0.05, 0.1) is 6.10 Å². The van der Waals surface area contributed by atoms with Gasteiger partial charge in [-0.15, -0.1) is 0 Å². The predicted octanol–water partition coefficient (Wildman–Crippen LogP) is -0.205. The summed E-state index contributed by atoms with van der Waals surface area (Å²) in [7, 11) is -3.43. The topological polar surface area (TPSA) is 95.9 Å². The molecular weight excluding hydrogens is 260 g/mol. The summed E-state index contributed by atoms with van der Waals surface area (Å²) in [5, 5.41) is 8.48. The largest absolute Gasteiger partial charge is 0.480 e. The molecule has 1 aliphatic rings. The molecule has 0 spiro atoms. The Labute approximate surface area is 107 Å². The van der Waals surface area contributed by atoms with Gasteiger partial charge in [0.15, 0.2) is 0 Å². The SMILES string of the molecule is CC(C)NS(=O)(=O)N1CCC(OCC(=O)O)CC1. The van der Waals surface area contributed by atoms with Crippen molar-refractivity contribution < 1.29 is 23.1 Å². The van der Waals surface area contributed by atoms with E-state index in [2.05, 4.69) is 4.72 Å². The molecule has 2 N–H and O–H groups in total. The highest BCUT2D eigenvalue weighted by molar-refractivity contribution is 7.87. The Kier molecular flexibility index (Phi) is 5.51. The van der Waals surface area contributed by atoms with E-state index in [1.165, 1.54) is 4.31 Å². The van der Waals surface area contributed by atoms with Crippen molar-refractivity contribution >= 4 is 16.2 Å². The highest BCUT2D eigenvalue weighted by Crippen LogP contribution is 2.16. The summed E-state index contributed by atoms with van der Waals surface area (Å²) >= 11 is 0. The Morgan fingerprint density at radius 3 is 2.44 bits per heavy atom. The first kappa shape index (κ1) is 15.4. The lowest BCUT2D eigenvalue weighted by Crippen LogP contribution is -2.48. The van der Waals surface area contributed by atoms with Crippen LogP contribution in [0.3, 0.4) is 0 Å². The monoisotopic (exact) mass is 280 g/mol. The van der Waals surface area contributed by atoms with E-state index in [1.807, 2.05) is 0 Å². The van der Waals surface area contributed by atoms with Gasteiger partial charge in [0.1, 0.15) is 6.61 Å². The highest BCUT2D eigenvalue weighted by Gasteiger charge is 2.28. The summed E-state index contributed by atoms with van der Waals surface area (Å²) in [6, 6.07) is -0.143. The number of nitrogens with zero attached hydrogens (tertiary/aromatic N) is 1. The first-order valence-electron chi connectivity index (χ1n) is 5.92. The fourth-order valence-corrected chi connectivity index (χ4v) is 3.24. The molecule has 18 heavy (non-hydrogen) atoms. The second-order valence-electron chi connectivity index (χ2n) is 4.58. The Morgan fingerprint density at radius 1 is 1.44 bits per heavy atom. The van der Waals surface area contributed by atoms with Crippen LogP contribution < -0.4 is 4.72 Å². The van der Waals surface area contributed by atoms with Crippen LogP contribution in [0.15, 0.2) is 0 Å². The van der Waals surface area contributed by atoms with Crippen LogP contribution >= 0.6 is 0 Å². The van der Waals surface area contributed by atoms with Gasteiger partial charge in [-0.2, -0.15) is 17.4 Å². The zero-order chi connectivity index (χ0) is 13.8. The number of piperidine rings is 1. The van der Waals surface area contributed by atoms with E-state index >= 15 is 0 Å². The summed E-state index contributed by atoms with van der Waals surface area (Å²) in [5.74, 6) is -1.01. The first-order valence-corrected chi connectivity index (χ1v) is 7.36. The number of carboxylic acid groups (broad SMARTS) is 1. The molecule has 0 amide bonds. The number of carbonyl (C=O) groups is 1. The van der Waals surface area contributed by atoms with E-state index < -0.39 is 16.2 Å². The minimum atomic E-state index is -3.43. The number of carboxylic acids is 1. The van der Waals surface area contributed by atoms with Gasteiger partial charge >= 0.3 is 5.97 Å². The van der Waals surface area contributed by atoms with Gasteiger partial charge in [-0.25, -0.2) is 4.79 Å². The van der Waals surface area contributed by atoms with Crippen LogP contribution in [0, 0.1) is 0 Å². The lowest BCUT2D eigenvalue weighted by atomic mass is 10.1. The summed E-state index contributed by atoms with van der Waals surface area (Å²) < 4.78 is 32.7. The summed E-state index contributed by atoms with van der Waals surface area (Å²) in [5.41, 5.74) is 0. The van der Waals surface area contributed by atoms with Gasteiger partial charge < -0.3 is 9.84 Å². The van der Waals surface area contributed by atoms with E-state index in [1.54, 1.807) is 13.8 Å². The molecule has 0 aromatic heterocycles. The molecule has 1 rings (SSSR count). The number of aliphatic carboxylic acids is 1. The molecule has 0 bridgehead atoms. The minimum Gasteiger partial charge on any atom is -0.480 e. The second-order valence-corrected chi connectivity index (χ2v) is 6.28. The number of hydrogen-bond acceptors (Lipinski definition) is 4. The smallest absolute Gasteiger partial charge is 0.329 e. The third kappa shape index (κ3) is 4.89. The third-order valence-electron chi connectivity index (χ3n) is 2.57. The Hall–Kier alpha value is -0.700. The average molecular weight is 280 g/mol. The first-order chi connectivity index (χ1) is 8.31. The lowest BCUT2D eigenvalue weighted by molar-refractivity contribution is -0.145. The molecule has 0 radical (unpaired) electrons. The summed E-state index contributed by atoms with van der Waals surface area (Å²) in [4.78, 5) is 10.3. The molecule has 106 valence electrons. The minimum absolute atomic E-state index is 0.143. The van der Waals surface area contributed by atoms with Crippen molar-refractivity contribution in [3.8, 4) is 0 Å². The molecule has 7 nitrogen and oxygen atoms in total. The molecule has 8 heteroatoms. The second kappa shape index (κ2) is 6.46. The Bertz CT molecular complexity index is 374. The molecular formula is C10H20N2O5S. The van der Waals surface area contributed by atoms with Gasteiger partial charge in [-0.1, -0.05) is 0 Å². The van der Waals surface area contributed by atoms with Gasteiger partial charge in [0.25, 0.3) is 10.2 Å². The standard InChI is InChI=1S/C10H20N2O5S/c1-8(2)11-18(15,16)12-5-3-9(4-6-12)17-7-10(13)14/h8-9,11H,3-7H2,1-2H3,(H,13,14). The van der Waals surface area contributed by atoms with Crippen LogP contribution in [0.25, 0.3) is 0 Å². The number of nitrogens with one attached hydrogen (secondary N) is 1. The fourth-order valence-electron chi connectivity index (χ4n) is 1.80. The van der Waals surface area contributed by atoms with Gasteiger partial charge in [0.2, 0.25) is 0 Å². The van der Waals surface area contributed by atoms with E-state index in [9.17, 15) is 13.2 Å². The molecule has 0 aromatic carbocycles. The number of ether oxygens (including phenoxy) is 1. The quantitative estimate of drug-likeness (QED) is 0.702.